The molecular weight excluding hydrogens is 226 g/mol. The second-order valence-corrected chi connectivity index (χ2v) is 5.42. The predicted molar refractivity (Wildman–Crippen MR) is 70.7 cm³/mol. The Kier molecular flexibility index (Phi) is 3.81. The van der Waals surface area contributed by atoms with Crippen molar-refractivity contribution in [1.29, 1.82) is 0 Å². The number of methoxy groups -OCH3 is 1. The lowest BCUT2D eigenvalue weighted by molar-refractivity contribution is -0.0302. The largest absolute Gasteiger partial charge is 0.370 e. The highest BCUT2D eigenvalue weighted by Gasteiger charge is 2.42. The van der Waals surface area contributed by atoms with Crippen molar-refractivity contribution in [2.45, 2.75) is 45.1 Å². The van der Waals surface area contributed by atoms with Gasteiger partial charge >= 0.3 is 0 Å². The summed E-state index contributed by atoms with van der Waals surface area (Å²) in [6.45, 7) is 4.11. The van der Waals surface area contributed by atoms with Crippen LogP contribution in [0.15, 0.2) is 18.3 Å². The Hall–Kier alpha value is -1.22. The summed E-state index contributed by atoms with van der Waals surface area (Å²) in [6.07, 6.45) is 5.54. The Morgan fingerprint density at radius 2 is 2.28 bits per heavy atom. The van der Waals surface area contributed by atoms with Crippen LogP contribution >= 0.6 is 0 Å². The number of ketones is 1. The maximum atomic E-state index is 12.6. The van der Waals surface area contributed by atoms with Crippen molar-refractivity contribution in [2.75, 3.05) is 7.11 Å². The van der Waals surface area contributed by atoms with Crippen LogP contribution in [-0.2, 0) is 4.74 Å². The number of Topliss-reactive ketones (excluding diaryl/α,β-unsaturated/α-hetero) is 1. The third-order valence-corrected chi connectivity index (χ3v) is 3.93. The van der Waals surface area contributed by atoms with Crippen LogP contribution in [0, 0.1) is 12.8 Å². The molecule has 0 radical (unpaired) electrons. The number of ether oxygens (including phenoxy) is 1. The van der Waals surface area contributed by atoms with Crippen LogP contribution in [0.1, 0.15) is 48.7 Å². The third kappa shape index (κ3) is 2.46. The van der Waals surface area contributed by atoms with Gasteiger partial charge in [0, 0.05) is 24.6 Å². The van der Waals surface area contributed by atoms with Gasteiger partial charge in [-0.15, -0.1) is 0 Å². The minimum absolute atomic E-state index is 0.0871. The first-order valence-corrected chi connectivity index (χ1v) is 6.60. The van der Waals surface area contributed by atoms with E-state index >= 15 is 0 Å². The van der Waals surface area contributed by atoms with Gasteiger partial charge < -0.3 is 4.74 Å². The maximum absolute atomic E-state index is 12.6. The molecule has 0 N–H and O–H groups in total. The minimum atomic E-state index is -0.630. The molecule has 1 aliphatic carbocycles. The number of nitrogens with zero attached hydrogens (tertiary/aromatic N) is 1. The number of rotatable bonds is 3. The van der Waals surface area contributed by atoms with Gasteiger partial charge in [-0.05, 0) is 44.2 Å². The number of aromatic nitrogens is 1. The van der Waals surface area contributed by atoms with Crippen molar-refractivity contribution >= 4 is 5.78 Å². The molecule has 1 saturated carbocycles. The topological polar surface area (TPSA) is 39.2 Å². The lowest BCUT2D eigenvalue weighted by Crippen LogP contribution is -2.44. The van der Waals surface area contributed by atoms with E-state index in [4.69, 9.17) is 4.74 Å². The second kappa shape index (κ2) is 5.19. The molecule has 0 saturated heterocycles. The normalized spacial score (nSPS) is 28.1. The first kappa shape index (κ1) is 13.2. The Morgan fingerprint density at radius 1 is 1.50 bits per heavy atom. The summed E-state index contributed by atoms with van der Waals surface area (Å²) in [7, 11) is 1.65. The maximum Gasteiger partial charge on any atom is 0.196 e. The molecule has 1 aliphatic rings. The van der Waals surface area contributed by atoms with Crippen molar-refractivity contribution in [3.63, 3.8) is 0 Å². The van der Waals surface area contributed by atoms with E-state index < -0.39 is 5.60 Å². The van der Waals surface area contributed by atoms with Gasteiger partial charge in [0.1, 0.15) is 5.60 Å². The lowest BCUT2D eigenvalue weighted by Gasteiger charge is -2.37. The van der Waals surface area contributed by atoms with E-state index in [1.165, 1.54) is 6.42 Å². The van der Waals surface area contributed by atoms with Crippen LogP contribution in [0.2, 0.25) is 0 Å². The fourth-order valence-corrected chi connectivity index (χ4v) is 2.85. The molecule has 0 aliphatic heterocycles. The molecule has 2 atom stereocenters. The fourth-order valence-electron chi connectivity index (χ4n) is 2.85. The zero-order valence-corrected chi connectivity index (χ0v) is 11.4. The number of carbonyl (C=O) groups excluding carboxylic acids is 1. The molecule has 0 aromatic carbocycles. The van der Waals surface area contributed by atoms with E-state index in [0.717, 1.165) is 25.0 Å². The highest BCUT2D eigenvalue weighted by atomic mass is 16.5. The molecule has 3 nitrogen and oxygen atoms in total. The molecule has 2 unspecified atom stereocenters. The SMILES string of the molecule is COC1(C(=O)c2ccc(C)nc2)CCCC(C)C1. The van der Waals surface area contributed by atoms with E-state index in [1.807, 2.05) is 19.1 Å². The standard InChI is InChI=1S/C15H21NO2/c1-11-5-4-8-15(9-11,18-3)14(17)13-7-6-12(2)16-10-13/h6-7,10-11H,4-5,8-9H2,1-3H3. The molecule has 98 valence electrons. The van der Waals surface area contributed by atoms with E-state index in [0.29, 0.717) is 11.5 Å². The molecular formula is C15H21NO2. The summed E-state index contributed by atoms with van der Waals surface area (Å²) < 4.78 is 5.62. The molecule has 0 amide bonds. The van der Waals surface area contributed by atoms with Crippen molar-refractivity contribution in [3.8, 4) is 0 Å². The van der Waals surface area contributed by atoms with Crippen LogP contribution in [0.3, 0.4) is 0 Å². The van der Waals surface area contributed by atoms with Crippen LogP contribution in [0.5, 0.6) is 0 Å². The highest BCUT2D eigenvalue weighted by Crippen LogP contribution is 2.37. The number of carbonyl (C=O) groups is 1. The summed E-state index contributed by atoms with van der Waals surface area (Å²) in [5.74, 6) is 0.630. The molecule has 18 heavy (non-hydrogen) atoms. The Morgan fingerprint density at radius 3 is 2.83 bits per heavy atom. The Labute approximate surface area is 109 Å². The molecule has 1 aromatic rings. The number of hydrogen-bond donors (Lipinski definition) is 0. The van der Waals surface area contributed by atoms with E-state index in [9.17, 15) is 4.79 Å². The van der Waals surface area contributed by atoms with Crippen molar-refractivity contribution in [2.24, 2.45) is 5.92 Å². The van der Waals surface area contributed by atoms with E-state index in [1.54, 1.807) is 13.3 Å². The fraction of sp³-hybridized carbons (Fsp3) is 0.600. The van der Waals surface area contributed by atoms with E-state index in [2.05, 4.69) is 11.9 Å². The smallest absolute Gasteiger partial charge is 0.196 e. The van der Waals surface area contributed by atoms with Crippen LogP contribution in [0.4, 0.5) is 0 Å². The second-order valence-electron chi connectivity index (χ2n) is 5.42. The Balaban J connectivity index is 2.26. The van der Waals surface area contributed by atoms with Crippen molar-refractivity contribution in [1.82, 2.24) is 4.98 Å². The first-order valence-electron chi connectivity index (χ1n) is 6.60. The average molecular weight is 247 g/mol. The molecule has 1 fully saturated rings. The van der Waals surface area contributed by atoms with Gasteiger partial charge in [-0.1, -0.05) is 13.3 Å². The average Bonchev–Trinajstić information content (AvgIpc) is 2.38. The molecule has 1 aromatic heterocycles. The number of pyridine rings is 1. The Bertz CT molecular complexity index is 427. The first-order chi connectivity index (χ1) is 8.57. The van der Waals surface area contributed by atoms with Crippen LogP contribution in [0.25, 0.3) is 0 Å². The number of aryl methyl sites for hydroxylation is 1. The van der Waals surface area contributed by atoms with Gasteiger partial charge in [0.2, 0.25) is 0 Å². The molecule has 1 heterocycles. The highest BCUT2D eigenvalue weighted by molar-refractivity contribution is 6.02. The summed E-state index contributed by atoms with van der Waals surface area (Å²) >= 11 is 0. The quantitative estimate of drug-likeness (QED) is 0.770. The summed E-state index contributed by atoms with van der Waals surface area (Å²) in [5, 5.41) is 0. The van der Waals surface area contributed by atoms with Gasteiger partial charge in [-0.2, -0.15) is 0 Å². The lowest BCUT2D eigenvalue weighted by atomic mass is 9.75. The third-order valence-electron chi connectivity index (χ3n) is 3.93. The van der Waals surface area contributed by atoms with Gasteiger partial charge in [0.05, 0.1) is 0 Å². The summed E-state index contributed by atoms with van der Waals surface area (Å²) in [4.78, 5) is 16.8. The number of hydrogen-bond acceptors (Lipinski definition) is 3. The van der Waals surface area contributed by atoms with Crippen LogP contribution in [-0.4, -0.2) is 23.5 Å². The monoisotopic (exact) mass is 247 g/mol. The van der Waals surface area contributed by atoms with Gasteiger partial charge in [0.25, 0.3) is 0 Å². The van der Waals surface area contributed by atoms with Crippen LogP contribution < -0.4 is 0 Å². The molecule has 0 bridgehead atoms. The molecule has 3 heteroatoms. The predicted octanol–water partition coefficient (Wildman–Crippen LogP) is 3.17. The zero-order valence-electron chi connectivity index (χ0n) is 11.4. The van der Waals surface area contributed by atoms with Gasteiger partial charge in [-0.25, -0.2) is 0 Å². The summed E-state index contributed by atoms with van der Waals surface area (Å²) in [6, 6.07) is 3.73. The molecule has 0 spiro atoms. The minimum Gasteiger partial charge on any atom is -0.370 e. The van der Waals surface area contributed by atoms with Gasteiger partial charge in [-0.3, -0.25) is 9.78 Å². The van der Waals surface area contributed by atoms with Crippen molar-refractivity contribution < 1.29 is 9.53 Å². The van der Waals surface area contributed by atoms with Gasteiger partial charge in [0.15, 0.2) is 5.78 Å². The summed E-state index contributed by atoms with van der Waals surface area (Å²) in [5.41, 5.74) is 0.959. The van der Waals surface area contributed by atoms with Crippen molar-refractivity contribution in [3.05, 3.63) is 29.6 Å². The van der Waals surface area contributed by atoms with E-state index in [-0.39, 0.29) is 5.78 Å². The molecule has 2 rings (SSSR count). The zero-order chi connectivity index (χ0) is 13.2.